The maximum absolute atomic E-state index is 12.5. The minimum Gasteiger partial charge on any atom is -0.481 e. The lowest BCUT2D eigenvalue weighted by molar-refractivity contribution is -0.142. The number of carbonyl (C=O) groups is 4. The predicted octanol–water partition coefficient (Wildman–Crippen LogP) is -1.80. The van der Waals surface area contributed by atoms with Crippen molar-refractivity contribution in [1.82, 2.24) is 20.4 Å². The maximum Gasteiger partial charge on any atom is 0.321 e. The lowest BCUT2D eigenvalue weighted by Gasteiger charge is -2.41. The van der Waals surface area contributed by atoms with Crippen LogP contribution in [0.3, 0.4) is 0 Å². The van der Waals surface area contributed by atoms with Gasteiger partial charge in [0, 0.05) is 26.2 Å². The largest absolute Gasteiger partial charge is 0.481 e. The van der Waals surface area contributed by atoms with E-state index in [1.54, 1.807) is 6.92 Å². The number of nitrogens with zero attached hydrogens (tertiary/aromatic N) is 2. The Morgan fingerprint density at radius 3 is 2.33 bits per heavy atom. The maximum atomic E-state index is 12.5. The number of amides is 4. The van der Waals surface area contributed by atoms with Crippen LogP contribution in [0.1, 0.15) is 13.3 Å². The predicted molar refractivity (Wildman–Crippen MR) is 70.3 cm³/mol. The Hall–Kier alpha value is -2.32. The Kier molecular flexibility index (Phi) is 4.29. The van der Waals surface area contributed by atoms with Gasteiger partial charge in [-0.3, -0.25) is 14.4 Å². The Morgan fingerprint density at radius 1 is 1.14 bits per heavy atom. The van der Waals surface area contributed by atoms with Crippen molar-refractivity contribution in [3.05, 3.63) is 0 Å². The zero-order valence-electron chi connectivity index (χ0n) is 11.7. The van der Waals surface area contributed by atoms with E-state index in [2.05, 4.69) is 10.6 Å². The molecule has 0 saturated carbocycles. The average Bonchev–Trinajstić information content (AvgIpc) is 2.43. The van der Waals surface area contributed by atoms with Crippen molar-refractivity contribution < 1.29 is 24.3 Å². The van der Waals surface area contributed by atoms with Gasteiger partial charge in [-0.15, -0.1) is 0 Å². The summed E-state index contributed by atoms with van der Waals surface area (Å²) in [4.78, 5) is 49.5. The molecule has 3 N–H and O–H groups in total. The minimum absolute atomic E-state index is 0.230. The van der Waals surface area contributed by atoms with Crippen LogP contribution in [0.2, 0.25) is 0 Å². The van der Waals surface area contributed by atoms with E-state index in [1.165, 1.54) is 9.80 Å². The molecule has 116 valence electrons. The minimum atomic E-state index is -1.15. The smallest absolute Gasteiger partial charge is 0.321 e. The van der Waals surface area contributed by atoms with Gasteiger partial charge in [-0.05, 0) is 6.92 Å². The van der Waals surface area contributed by atoms with E-state index in [4.69, 9.17) is 5.11 Å². The van der Waals surface area contributed by atoms with Crippen LogP contribution in [0.5, 0.6) is 0 Å². The molecule has 21 heavy (non-hydrogen) atoms. The molecule has 2 fully saturated rings. The number of hydrogen-bond acceptors (Lipinski definition) is 4. The topological polar surface area (TPSA) is 119 Å². The molecule has 2 unspecified atom stereocenters. The second-order valence-corrected chi connectivity index (χ2v) is 5.04. The third-order valence-electron chi connectivity index (χ3n) is 3.69. The Bertz CT molecular complexity index is 480. The lowest BCUT2D eigenvalue weighted by atomic mass is 10.1. The molecule has 0 aliphatic carbocycles. The monoisotopic (exact) mass is 298 g/mol. The highest BCUT2D eigenvalue weighted by Gasteiger charge is 2.39. The number of rotatable bonds is 2. The van der Waals surface area contributed by atoms with Crippen LogP contribution in [0.15, 0.2) is 0 Å². The zero-order valence-corrected chi connectivity index (χ0v) is 11.7. The van der Waals surface area contributed by atoms with Crippen molar-refractivity contribution in [2.24, 2.45) is 0 Å². The summed E-state index contributed by atoms with van der Waals surface area (Å²) in [6.45, 7) is 2.78. The van der Waals surface area contributed by atoms with Gasteiger partial charge in [0.25, 0.3) is 0 Å². The first-order valence-corrected chi connectivity index (χ1v) is 6.76. The van der Waals surface area contributed by atoms with Crippen LogP contribution in [-0.2, 0) is 14.4 Å². The fraction of sp³-hybridized carbons (Fsp3) is 0.667. The molecule has 2 aliphatic heterocycles. The van der Waals surface area contributed by atoms with Gasteiger partial charge < -0.3 is 25.5 Å². The zero-order chi connectivity index (χ0) is 15.6. The molecule has 0 spiro atoms. The van der Waals surface area contributed by atoms with E-state index >= 15 is 0 Å². The number of aliphatic carboxylic acids is 1. The Balaban J connectivity index is 2.16. The summed E-state index contributed by atoms with van der Waals surface area (Å²) in [6, 6.07) is -2.15. The summed E-state index contributed by atoms with van der Waals surface area (Å²) < 4.78 is 0. The second-order valence-electron chi connectivity index (χ2n) is 5.04. The van der Waals surface area contributed by atoms with Crippen LogP contribution in [0.4, 0.5) is 4.79 Å². The van der Waals surface area contributed by atoms with Crippen molar-refractivity contribution in [3.63, 3.8) is 0 Å². The van der Waals surface area contributed by atoms with Crippen LogP contribution in [-0.4, -0.2) is 77.0 Å². The standard InChI is InChI=1S/C12H18N4O5/c1-7-10(19)13-2-4-15(7)12(21)16-5-3-14-11(20)8(16)6-9(17)18/h7-8H,2-6H2,1H3,(H,13,19)(H,14,20)(H,17,18). The summed E-state index contributed by atoms with van der Waals surface area (Å²) in [5, 5.41) is 14.1. The summed E-state index contributed by atoms with van der Waals surface area (Å²) in [6.07, 6.45) is -0.452. The summed E-state index contributed by atoms with van der Waals surface area (Å²) in [5.74, 6) is -1.89. The molecular formula is C12H18N4O5. The number of carboxylic acids is 1. The molecule has 9 heteroatoms. The number of piperazine rings is 2. The second kappa shape index (κ2) is 5.98. The van der Waals surface area contributed by atoms with Gasteiger partial charge in [0.1, 0.15) is 12.1 Å². The highest BCUT2D eigenvalue weighted by molar-refractivity contribution is 5.93. The molecule has 0 aromatic carbocycles. The molecule has 9 nitrogen and oxygen atoms in total. The highest BCUT2D eigenvalue weighted by atomic mass is 16.4. The van der Waals surface area contributed by atoms with Crippen LogP contribution < -0.4 is 10.6 Å². The van der Waals surface area contributed by atoms with Gasteiger partial charge >= 0.3 is 12.0 Å². The Morgan fingerprint density at radius 2 is 1.71 bits per heavy atom. The highest BCUT2D eigenvalue weighted by Crippen LogP contribution is 2.15. The van der Waals surface area contributed by atoms with Crippen LogP contribution in [0.25, 0.3) is 0 Å². The molecule has 0 radical (unpaired) electrons. The van der Waals surface area contributed by atoms with Gasteiger partial charge in [-0.2, -0.15) is 0 Å². The van der Waals surface area contributed by atoms with Crippen molar-refractivity contribution in [3.8, 4) is 0 Å². The molecular weight excluding hydrogens is 280 g/mol. The SMILES string of the molecule is CC1C(=O)NCCN1C(=O)N1CCNC(=O)C1CC(=O)O. The lowest BCUT2D eigenvalue weighted by Crippen LogP contribution is -2.64. The molecule has 2 aliphatic rings. The number of carboxylic acid groups (broad SMARTS) is 1. The fourth-order valence-electron chi connectivity index (χ4n) is 2.52. The van der Waals surface area contributed by atoms with E-state index in [0.29, 0.717) is 13.1 Å². The van der Waals surface area contributed by atoms with Gasteiger partial charge in [0.2, 0.25) is 11.8 Å². The molecule has 2 saturated heterocycles. The summed E-state index contributed by atoms with van der Waals surface area (Å²) >= 11 is 0. The van der Waals surface area contributed by atoms with Crippen molar-refractivity contribution in [1.29, 1.82) is 0 Å². The molecule has 2 heterocycles. The van der Waals surface area contributed by atoms with Crippen LogP contribution >= 0.6 is 0 Å². The normalized spacial score (nSPS) is 26.1. The van der Waals surface area contributed by atoms with Gasteiger partial charge in [-0.1, -0.05) is 0 Å². The average molecular weight is 298 g/mol. The molecule has 0 aromatic heterocycles. The third-order valence-corrected chi connectivity index (χ3v) is 3.69. The van der Waals surface area contributed by atoms with Gasteiger partial charge in [0.15, 0.2) is 0 Å². The van der Waals surface area contributed by atoms with Crippen molar-refractivity contribution >= 4 is 23.8 Å². The van der Waals surface area contributed by atoms with E-state index in [1.807, 2.05) is 0 Å². The van der Waals surface area contributed by atoms with E-state index in [9.17, 15) is 19.2 Å². The van der Waals surface area contributed by atoms with E-state index < -0.39 is 36.4 Å². The summed E-state index contributed by atoms with van der Waals surface area (Å²) in [5.41, 5.74) is 0. The molecule has 2 atom stereocenters. The van der Waals surface area contributed by atoms with E-state index in [0.717, 1.165) is 0 Å². The Labute approximate surface area is 121 Å². The quantitative estimate of drug-likeness (QED) is 0.556. The number of urea groups is 1. The summed E-state index contributed by atoms with van der Waals surface area (Å²) in [7, 11) is 0. The third kappa shape index (κ3) is 3.06. The fourth-order valence-corrected chi connectivity index (χ4v) is 2.52. The molecule has 0 aromatic rings. The molecule has 0 bridgehead atoms. The molecule has 4 amide bonds. The van der Waals surface area contributed by atoms with Gasteiger partial charge in [0.05, 0.1) is 6.42 Å². The van der Waals surface area contributed by atoms with Crippen molar-refractivity contribution in [2.45, 2.75) is 25.4 Å². The number of nitrogens with one attached hydrogen (secondary N) is 2. The van der Waals surface area contributed by atoms with Crippen molar-refractivity contribution in [2.75, 3.05) is 26.2 Å². The van der Waals surface area contributed by atoms with E-state index in [-0.39, 0.29) is 19.0 Å². The first-order chi connectivity index (χ1) is 9.91. The van der Waals surface area contributed by atoms with Gasteiger partial charge in [-0.25, -0.2) is 4.79 Å². The first-order valence-electron chi connectivity index (χ1n) is 6.76. The number of hydrogen-bond donors (Lipinski definition) is 3. The molecule has 2 rings (SSSR count). The first kappa shape index (κ1) is 15.1. The number of carbonyl (C=O) groups excluding carboxylic acids is 3. The van der Waals surface area contributed by atoms with Crippen LogP contribution in [0, 0.1) is 0 Å².